The SMILES string of the molecule is CC1CCCC(CN)N1C(=O)c1ccccc1C(C)(C)C. The highest BCUT2D eigenvalue weighted by Crippen LogP contribution is 2.30. The molecule has 0 saturated carbocycles. The predicted octanol–water partition coefficient (Wildman–Crippen LogP) is 3.33. The molecule has 2 N–H and O–H groups in total. The number of rotatable bonds is 2. The first-order valence-corrected chi connectivity index (χ1v) is 7.98. The van der Waals surface area contributed by atoms with Gasteiger partial charge in [0.2, 0.25) is 0 Å². The molecule has 1 fully saturated rings. The van der Waals surface area contributed by atoms with Crippen LogP contribution in [0.25, 0.3) is 0 Å². The van der Waals surface area contributed by atoms with Gasteiger partial charge in [0.1, 0.15) is 0 Å². The smallest absolute Gasteiger partial charge is 0.254 e. The highest BCUT2D eigenvalue weighted by atomic mass is 16.2. The maximum absolute atomic E-state index is 13.1. The number of likely N-dealkylation sites (tertiary alicyclic amines) is 1. The minimum atomic E-state index is -0.0382. The Hall–Kier alpha value is -1.35. The van der Waals surface area contributed by atoms with Crippen LogP contribution in [0.1, 0.15) is 62.9 Å². The molecule has 0 aromatic heterocycles. The number of nitrogens with zero attached hydrogens (tertiary/aromatic N) is 1. The Kier molecular flexibility index (Phi) is 4.72. The summed E-state index contributed by atoms with van der Waals surface area (Å²) in [5, 5.41) is 0. The Balaban J connectivity index is 2.39. The van der Waals surface area contributed by atoms with Crippen molar-refractivity contribution in [3.8, 4) is 0 Å². The predicted molar refractivity (Wildman–Crippen MR) is 87.5 cm³/mol. The quantitative estimate of drug-likeness (QED) is 0.907. The Morgan fingerprint density at radius 1 is 1.29 bits per heavy atom. The second-order valence-corrected chi connectivity index (χ2v) is 7.18. The monoisotopic (exact) mass is 288 g/mol. The van der Waals surface area contributed by atoms with Crippen LogP contribution in [-0.2, 0) is 5.41 Å². The molecule has 0 radical (unpaired) electrons. The lowest BCUT2D eigenvalue weighted by Gasteiger charge is -2.41. The van der Waals surface area contributed by atoms with E-state index in [1.165, 1.54) is 0 Å². The third kappa shape index (κ3) is 3.29. The first-order valence-electron chi connectivity index (χ1n) is 7.98. The number of benzene rings is 1. The van der Waals surface area contributed by atoms with Gasteiger partial charge in [-0.3, -0.25) is 4.79 Å². The third-order valence-electron chi connectivity index (χ3n) is 4.50. The fourth-order valence-electron chi connectivity index (χ4n) is 3.35. The van der Waals surface area contributed by atoms with E-state index in [2.05, 4.69) is 33.8 Å². The molecule has 1 amide bonds. The summed E-state index contributed by atoms with van der Waals surface area (Å²) in [6, 6.07) is 8.44. The number of carbonyl (C=O) groups is 1. The first-order chi connectivity index (χ1) is 9.86. The summed E-state index contributed by atoms with van der Waals surface area (Å²) in [4.78, 5) is 15.1. The average Bonchev–Trinajstić information content (AvgIpc) is 2.45. The average molecular weight is 288 g/mol. The zero-order valence-electron chi connectivity index (χ0n) is 13.7. The summed E-state index contributed by atoms with van der Waals surface area (Å²) in [5.41, 5.74) is 7.81. The van der Waals surface area contributed by atoms with E-state index in [1.54, 1.807) is 0 Å². The number of hydrogen-bond acceptors (Lipinski definition) is 2. The Morgan fingerprint density at radius 3 is 2.57 bits per heavy atom. The summed E-state index contributed by atoms with van der Waals surface area (Å²) < 4.78 is 0. The first kappa shape index (κ1) is 16.0. The van der Waals surface area contributed by atoms with Crippen LogP contribution in [0, 0.1) is 0 Å². The molecule has 0 aliphatic carbocycles. The van der Waals surface area contributed by atoms with Gasteiger partial charge in [0, 0.05) is 24.2 Å². The van der Waals surface area contributed by atoms with Gasteiger partial charge in [-0.15, -0.1) is 0 Å². The van der Waals surface area contributed by atoms with E-state index in [9.17, 15) is 4.79 Å². The summed E-state index contributed by atoms with van der Waals surface area (Å²) in [6.07, 6.45) is 3.25. The van der Waals surface area contributed by atoms with Crippen molar-refractivity contribution in [3.05, 3.63) is 35.4 Å². The number of amides is 1. The van der Waals surface area contributed by atoms with Crippen molar-refractivity contribution in [2.24, 2.45) is 5.73 Å². The van der Waals surface area contributed by atoms with Crippen molar-refractivity contribution in [1.82, 2.24) is 4.90 Å². The van der Waals surface area contributed by atoms with Gasteiger partial charge in [-0.25, -0.2) is 0 Å². The molecule has 1 aromatic carbocycles. The lowest BCUT2D eigenvalue weighted by atomic mass is 9.83. The summed E-state index contributed by atoms with van der Waals surface area (Å²) in [7, 11) is 0. The van der Waals surface area contributed by atoms with Gasteiger partial charge < -0.3 is 10.6 Å². The second kappa shape index (κ2) is 6.18. The van der Waals surface area contributed by atoms with E-state index in [-0.39, 0.29) is 23.4 Å². The van der Waals surface area contributed by atoms with Crippen molar-refractivity contribution in [1.29, 1.82) is 0 Å². The Morgan fingerprint density at radius 2 is 1.95 bits per heavy atom. The van der Waals surface area contributed by atoms with Crippen LogP contribution >= 0.6 is 0 Å². The van der Waals surface area contributed by atoms with Crippen molar-refractivity contribution in [2.75, 3.05) is 6.54 Å². The molecular weight excluding hydrogens is 260 g/mol. The molecule has 1 aliphatic heterocycles. The number of hydrogen-bond donors (Lipinski definition) is 1. The van der Waals surface area contributed by atoms with Gasteiger partial charge in [-0.2, -0.15) is 0 Å². The van der Waals surface area contributed by atoms with E-state index < -0.39 is 0 Å². The van der Waals surface area contributed by atoms with Gasteiger partial charge in [-0.1, -0.05) is 39.0 Å². The third-order valence-corrected chi connectivity index (χ3v) is 4.50. The fraction of sp³-hybridized carbons (Fsp3) is 0.611. The second-order valence-electron chi connectivity index (χ2n) is 7.18. The molecule has 3 nitrogen and oxygen atoms in total. The van der Waals surface area contributed by atoms with Crippen LogP contribution in [0.4, 0.5) is 0 Å². The number of nitrogens with two attached hydrogens (primary N) is 1. The molecule has 2 unspecified atom stereocenters. The Labute approximate surface area is 128 Å². The van der Waals surface area contributed by atoms with E-state index in [1.807, 2.05) is 23.1 Å². The molecule has 21 heavy (non-hydrogen) atoms. The van der Waals surface area contributed by atoms with Crippen molar-refractivity contribution < 1.29 is 4.79 Å². The number of carbonyl (C=O) groups excluding carboxylic acids is 1. The van der Waals surface area contributed by atoms with Crippen LogP contribution in [-0.4, -0.2) is 29.4 Å². The molecule has 0 spiro atoms. The minimum Gasteiger partial charge on any atom is -0.332 e. The minimum absolute atomic E-state index is 0.0382. The van der Waals surface area contributed by atoms with Crippen LogP contribution in [0.3, 0.4) is 0 Å². The van der Waals surface area contributed by atoms with Crippen LogP contribution in [0.2, 0.25) is 0 Å². The van der Waals surface area contributed by atoms with Gasteiger partial charge in [0.05, 0.1) is 0 Å². The molecule has 2 rings (SSSR count). The van der Waals surface area contributed by atoms with Crippen molar-refractivity contribution in [2.45, 2.75) is 64.5 Å². The Bertz CT molecular complexity index is 504. The van der Waals surface area contributed by atoms with E-state index >= 15 is 0 Å². The molecular formula is C18H28N2O. The van der Waals surface area contributed by atoms with Crippen LogP contribution < -0.4 is 5.73 Å². The van der Waals surface area contributed by atoms with E-state index in [4.69, 9.17) is 5.73 Å². The summed E-state index contributed by atoms with van der Waals surface area (Å²) >= 11 is 0. The standard InChI is InChI=1S/C18H28N2O/c1-13-8-7-9-14(12-19)20(13)17(21)15-10-5-6-11-16(15)18(2,3)4/h5-6,10-11,13-14H,7-9,12,19H2,1-4H3. The van der Waals surface area contributed by atoms with Gasteiger partial charge in [0.15, 0.2) is 0 Å². The molecule has 3 heteroatoms. The van der Waals surface area contributed by atoms with E-state index in [0.29, 0.717) is 6.54 Å². The summed E-state index contributed by atoms with van der Waals surface area (Å²) in [5.74, 6) is 0.142. The highest BCUT2D eigenvalue weighted by molar-refractivity contribution is 5.96. The van der Waals surface area contributed by atoms with Gasteiger partial charge in [-0.05, 0) is 43.2 Å². The summed E-state index contributed by atoms with van der Waals surface area (Å²) in [6.45, 7) is 9.14. The number of piperidine rings is 1. The lowest BCUT2D eigenvalue weighted by molar-refractivity contribution is 0.0491. The van der Waals surface area contributed by atoms with Crippen LogP contribution in [0.5, 0.6) is 0 Å². The molecule has 1 aromatic rings. The maximum atomic E-state index is 13.1. The highest BCUT2D eigenvalue weighted by Gasteiger charge is 2.33. The molecule has 116 valence electrons. The topological polar surface area (TPSA) is 46.3 Å². The van der Waals surface area contributed by atoms with Crippen molar-refractivity contribution in [3.63, 3.8) is 0 Å². The normalized spacial score (nSPS) is 23.2. The zero-order valence-corrected chi connectivity index (χ0v) is 13.7. The fourth-order valence-corrected chi connectivity index (χ4v) is 3.35. The van der Waals surface area contributed by atoms with Crippen LogP contribution in [0.15, 0.2) is 24.3 Å². The maximum Gasteiger partial charge on any atom is 0.254 e. The van der Waals surface area contributed by atoms with E-state index in [0.717, 1.165) is 30.4 Å². The lowest BCUT2D eigenvalue weighted by Crippen LogP contribution is -2.52. The molecule has 0 bridgehead atoms. The molecule has 1 heterocycles. The molecule has 1 aliphatic rings. The van der Waals surface area contributed by atoms with Crippen molar-refractivity contribution >= 4 is 5.91 Å². The molecule has 2 atom stereocenters. The molecule has 1 saturated heterocycles. The zero-order chi connectivity index (χ0) is 15.6. The van der Waals surface area contributed by atoms with Gasteiger partial charge in [0.25, 0.3) is 5.91 Å². The van der Waals surface area contributed by atoms with Gasteiger partial charge >= 0.3 is 0 Å². The largest absolute Gasteiger partial charge is 0.332 e.